The van der Waals surface area contributed by atoms with Gasteiger partial charge in [0.1, 0.15) is 0 Å². The minimum absolute atomic E-state index is 0. The number of ketones is 1. The van der Waals surface area contributed by atoms with Gasteiger partial charge < -0.3 is 5.11 Å². The van der Waals surface area contributed by atoms with Crippen molar-refractivity contribution in [2.45, 2.75) is 127 Å². The van der Waals surface area contributed by atoms with Gasteiger partial charge in [0.05, 0.1) is 21.9 Å². The van der Waals surface area contributed by atoms with Gasteiger partial charge in [0.15, 0.2) is 5.78 Å². The van der Waals surface area contributed by atoms with Crippen LogP contribution in [0.4, 0.5) is 0 Å². The Morgan fingerprint density at radius 3 is 1.98 bits per heavy atom. The minimum atomic E-state index is -1.69. The number of nitrogens with zero attached hydrogens (tertiary/aromatic N) is 1. The fourth-order valence-corrected chi connectivity index (χ4v) is 12.6. The van der Waals surface area contributed by atoms with Gasteiger partial charge in [-0.2, -0.15) is 0 Å². The van der Waals surface area contributed by atoms with E-state index in [0.717, 1.165) is 43.4 Å². The maximum absolute atomic E-state index is 11.7. The van der Waals surface area contributed by atoms with Crippen LogP contribution in [0.3, 0.4) is 0 Å². The number of rotatable bonds is 12. The van der Waals surface area contributed by atoms with Gasteiger partial charge in [-0.1, -0.05) is 153 Å². The van der Waals surface area contributed by atoms with Crippen molar-refractivity contribution in [3.63, 3.8) is 0 Å². The first kappa shape index (κ1) is 48.5. The second-order valence-corrected chi connectivity index (χ2v) is 30.7. The Balaban J connectivity index is 0.000000411. The SMILES string of the molecule is CCC(CC)C(=O)/C=C(\O)C(CC)CC.Cc1cc2c([Si](C)(C)C)cc(-c3ncc([Si](C)(C)C)c4c3sc3cc(CC(C)(C)C)ccc34)[c-]c2cc1-c1ccccc1.[Ir]. The second kappa shape index (κ2) is 19.7. The maximum Gasteiger partial charge on any atom is 0.162 e. The Kier molecular flexibility index (Phi) is 16.2. The summed E-state index contributed by atoms with van der Waals surface area (Å²) >= 11 is 1.93. The van der Waals surface area contributed by atoms with E-state index in [2.05, 4.69) is 146 Å². The predicted octanol–water partition coefficient (Wildman–Crippen LogP) is 14.6. The molecule has 1 N–H and O–H groups in total. The third-order valence-electron chi connectivity index (χ3n) is 11.5. The first-order chi connectivity index (χ1) is 27.2. The number of aromatic nitrogens is 1. The maximum atomic E-state index is 11.7. The Morgan fingerprint density at radius 2 is 1.42 bits per heavy atom. The Morgan fingerprint density at radius 1 is 0.814 bits per heavy atom. The number of hydrogen-bond acceptors (Lipinski definition) is 4. The zero-order valence-electron chi connectivity index (χ0n) is 38.2. The number of benzene rings is 4. The quantitative estimate of drug-likeness (QED) is 0.0575. The fourth-order valence-electron chi connectivity index (χ4n) is 8.20. The van der Waals surface area contributed by atoms with Gasteiger partial charge in [-0.05, 0) is 83.2 Å². The van der Waals surface area contributed by atoms with Crippen molar-refractivity contribution in [2.75, 3.05) is 0 Å². The molecule has 0 saturated carbocycles. The zero-order valence-corrected chi connectivity index (χ0v) is 43.5. The molecule has 0 aliphatic carbocycles. The average Bonchev–Trinajstić information content (AvgIpc) is 3.52. The number of pyridine rings is 1. The smallest absolute Gasteiger partial charge is 0.162 e. The molecule has 59 heavy (non-hydrogen) atoms. The molecule has 2 aromatic heterocycles. The van der Waals surface area contributed by atoms with E-state index in [-0.39, 0.29) is 48.9 Å². The number of carbonyl (C=O) groups excluding carboxylic acids is 1. The summed E-state index contributed by atoms with van der Waals surface area (Å²) in [6, 6.07) is 29.0. The van der Waals surface area contributed by atoms with Crippen LogP contribution in [0.25, 0.3) is 53.3 Å². The molecule has 0 saturated heterocycles. The van der Waals surface area contributed by atoms with E-state index >= 15 is 0 Å². The number of allylic oxidation sites excluding steroid dienone is 2. The van der Waals surface area contributed by atoms with E-state index in [1.165, 1.54) is 69.6 Å². The van der Waals surface area contributed by atoms with E-state index in [1.54, 1.807) is 0 Å². The van der Waals surface area contributed by atoms with Gasteiger partial charge in [0, 0.05) is 59.3 Å². The summed E-state index contributed by atoms with van der Waals surface area (Å²) in [6.07, 6.45) is 8.18. The summed E-state index contributed by atoms with van der Waals surface area (Å²) in [7, 11) is -3.34. The molecular weight excluding hydrogens is 951 g/mol. The van der Waals surface area contributed by atoms with Crippen LogP contribution in [0.1, 0.15) is 85.3 Å². The number of carbonyl (C=O) groups is 1. The van der Waals surface area contributed by atoms with E-state index in [1.807, 2.05) is 39.0 Å². The van der Waals surface area contributed by atoms with Crippen molar-refractivity contribution in [2.24, 2.45) is 17.3 Å². The molecule has 0 bridgehead atoms. The van der Waals surface area contributed by atoms with Crippen LogP contribution >= 0.6 is 11.3 Å². The Labute approximate surface area is 375 Å². The monoisotopic (exact) mass is 1020 g/mol. The van der Waals surface area contributed by atoms with Gasteiger partial charge in [0.25, 0.3) is 0 Å². The van der Waals surface area contributed by atoms with Crippen LogP contribution in [-0.2, 0) is 31.3 Å². The summed E-state index contributed by atoms with van der Waals surface area (Å²) in [5.41, 5.74) is 7.73. The average molecular weight is 1020 g/mol. The first-order valence-electron chi connectivity index (χ1n) is 21.6. The molecule has 0 spiro atoms. The molecule has 0 aliphatic heterocycles. The molecule has 3 nitrogen and oxygen atoms in total. The van der Waals surface area contributed by atoms with Crippen LogP contribution in [0, 0.1) is 30.2 Å². The Bertz CT molecular complexity index is 2420. The van der Waals surface area contributed by atoms with E-state index in [9.17, 15) is 9.90 Å². The van der Waals surface area contributed by atoms with Crippen molar-refractivity contribution >= 4 is 74.6 Å². The molecular formula is C52H68IrNO2SSi2-. The van der Waals surface area contributed by atoms with E-state index < -0.39 is 16.1 Å². The third-order valence-corrected chi connectivity index (χ3v) is 16.7. The normalized spacial score (nSPS) is 12.6. The van der Waals surface area contributed by atoms with Crippen LogP contribution < -0.4 is 10.4 Å². The van der Waals surface area contributed by atoms with Crippen molar-refractivity contribution in [1.29, 1.82) is 0 Å². The largest absolute Gasteiger partial charge is 0.512 e. The van der Waals surface area contributed by atoms with Gasteiger partial charge >= 0.3 is 0 Å². The molecule has 0 amide bonds. The molecule has 7 heteroatoms. The summed E-state index contributed by atoms with van der Waals surface area (Å²) in [5.74, 6) is 0.547. The van der Waals surface area contributed by atoms with Crippen molar-refractivity contribution in [3.05, 3.63) is 102 Å². The van der Waals surface area contributed by atoms with Crippen molar-refractivity contribution in [1.82, 2.24) is 4.98 Å². The summed E-state index contributed by atoms with van der Waals surface area (Å²) in [6.45, 7) is 32.0. The summed E-state index contributed by atoms with van der Waals surface area (Å²) < 4.78 is 2.69. The van der Waals surface area contributed by atoms with E-state index in [0.29, 0.717) is 0 Å². The van der Waals surface area contributed by atoms with Crippen molar-refractivity contribution < 1.29 is 30.0 Å². The number of aliphatic hydroxyl groups is 1. The second-order valence-electron chi connectivity index (χ2n) is 19.6. The minimum Gasteiger partial charge on any atom is -0.512 e. The van der Waals surface area contributed by atoms with Crippen LogP contribution in [0.5, 0.6) is 0 Å². The molecule has 0 unspecified atom stereocenters. The van der Waals surface area contributed by atoms with E-state index in [4.69, 9.17) is 4.98 Å². The molecule has 2 heterocycles. The van der Waals surface area contributed by atoms with Crippen molar-refractivity contribution in [3.8, 4) is 22.4 Å². The summed E-state index contributed by atoms with van der Waals surface area (Å²) in [5, 5.41) is 18.0. The predicted molar refractivity (Wildman–Crippen MR) is 262 cm³/mol. The number of aryl methyl sites for hydroxylation is 1. The molecule has 0 atom stereocenters. The van der Waals surface area contributed by atoms with Gasteiger partial charge in [-0.25, -0.2) is 0 Å². The summed E-state index contributed by atoms with van der Waals surface area (Å²) in [4.78, 5) is 17.0. The molecule has 6 rings (SSSR count). The van der Waals surface area contributed by atoms with Gasteiger partial charge in [-0.15, -0.1) is 40.1 Å². The van der Waals surface area contributed by atoms with Crippen LogP contribution in [0.15, 0.2) is 84.8 Å². The third kappa shape index (κ3) is 11.4. The molecule has 1 radical (unpaired) electrons. The first-order valence-corrected chi connectivity index (χ1v) is 29.4. The molecule has 317 valence electrons. The van der Waals surface area contributed by atoms with Crippen LogP contribution in [-0.4, -0.2) is 32.0 Å². The Hall–Kier alpha value is -3.20. The molecule has 6 aromatic rings. The topological polar surface area (TPSA) is 50.2 Å². The number of aliphatic hydroxyl groups excluding tert-OH is 1. The van der Waals surface area contributed by atoms with Gasteiger partial charge in [0.2, 0.25) is 0 Å². The molecule has 0 fully saturated rings. The zero-order chi connectivity index (χ0) is 42.7. The fraction of sp³-hybridized carbons (Fsp3) is 0.423. The van der Waals surface area contributed by atoms with Crippen LogP contribution in [0.2, 0.25) is 39.3 Å². The standard InChI is InChI=1S/C39H44NSSi2.C13H24O2.Ir/c1-25-18-32-28(21-31(25)27-14-12-11-13-15-27)20-29(22-34(32)42(5,6)7)37-38-36(35(24-40-37)43(8,9)10)30-17-16-26(19-33(30)41-38)23-39(2,3)4;1-5-10(6-2)12(14)9-13(15)11(7-3)8-4;/h11-19,21-22,24H,23H2,1-10H3;9-11,14H,5-8H2,1-4H3;/q-1;;/b;12-9-;. The number of fused-ring (bicyclic) bond motifs is 4. The van der Waals surface area contributed by atoms with Gasteiger partial charge in [-0.3, -0.25) is 9.78 Å². The molecule has 4 aromatic carbocycles. The number of hydrogen-bond donors (Lipinski definition) is 1. The number of thiophene rings is 1. The molecule has 0 aliphatic rings.